The lowest BCUT2D eigenvalue weighted by Crippen LogP contribution is -2.17. The molecule has 1 atom stereocenters. The Kier molecular flexibility index (Phi) is 2.32. The van der Waals surface area contributed by atoms with Gasteiger partial charge < -0.3 is 0 Å². The lowest BCUT2D eigenvalue weighted by atomic mass is 9.97. The number of aryl methyl sites for hydroxylation is 1. The predicted molar refractivity (Wildman–Crippen MR) is 48.5 cm³/mol. The van der Waals surface area contributed by atoms with Crippen LogP contribution >= 0.6 is 0 Å². The molecule has 0 spiro atoms. The molecule has 14 heavy (non-hydrogen) atoms. The van der Waals surface area contributed by atoms with E-state index in [1.54, 1.807) is 12.1 Å². The van der Waals surface area contributed by atoms with Crippen molar-refractivity contribution in [2.45, 2.75) is 25.2 Å². The minimum Gasteiger partial charge on any atom is -0.293 e. The minimum absolute atomic E-state index is 0.530. The maximum atomic E-state index is 12.2. The summed E-state index contributed by atoms with van der Waals surface area (Å²) < 4.78 is 24.4. The van der Waals surface area contributed by atoms with Gasteiger partial charge in [-0.25, -0.2) is 8.78 Å². The number of alkyl halides is 2. The van der Waals surface area contributed by atoms with E-state index in [-0.39, 0.29) is 0 Å². The number of hydrogen-bond donors (Lipinski definition) is 0. The second kappa shape index (κ2) is 3.48. The van der Waals surface area contributed by atoms with Crippen LogP contribution in [0.5, 0.6) is 0 Å². The minimum atomic E-state index is -2.84. The zero-order valence-electron chi connectivity index (χ0n) is 7.54. The maximum Gasteiger partial charge on any atom is 0.296 e. The maximum absolute atomic E-state index is 12.2. The molecule has 0 aromatic heterocycles. The molecule has 0 heterocycles. The van der Waals surface area contributed by atoms with Gasteiger partial charge in [-0.1, -0.05) is 24.3 Å². The van der Waals surface area contributed by atoms with Gasteiger partial charge in [0.2, 0.25) is 5.78 Å². The molecule has 74 valence electrons. The zero-order valence-corrected chi connectivity index (χ0v) is 7.54. The topological polar surface area (TPSA) is 17.1 Å². The van der Waals surface area contributed by atoms with Gasteiger partial charge in [0.1, 0.15) is 0 Å². The molecule has 1 aliphatic carbocycles. The summed E-state index contributed by atoms with van der Waals surface area (Å²) in [5.41, 5.74) is 1.82. The Morgan fingerprint density at radius 2 is 2.07 bits per heavy atom. The average molecular weight is 196 g/mol. The number of hydrogen-bond acceptors (Lipinski definition) is 1. The number of benzene rings is 1. The third-order valence-corrected chi connectivity index (χ3v) is 2.69. The lowest BCUT2D eigenvalue weighted by Gasteiger charge is -2.08. The largest absolute Gasteiger partial charge is 0.296 e. The van der Waals surface area contributed by atoms with Gasteiger partial charge >= 0.3 is 0 Å². The standard InChI is InChI=1S/C11H10F2O/c12-11(13)10(14)9-6-5-7-3-1-2-4-8(7)9/h1-4,9,11H,5-6H2. The van der Waals surface area contributed by atoms with Gasteiger partial charge in [0.05, 0.1) is 0 Å². The first-order valence-corrected chi connectivity index (χ1v) is 4.60. The van der Waals surface area contributed by atoms with Crippen LogP contribution in [0, 0.1) is 0 Å². The fourth-order valence-corrected chi connectivity index (χ4v) is 2.00. The molecule has 0 radical (unpaired) electrons. The molecule has 0 saturated carbocycles. The monoisotopic (exact) mass is 196 g/mol. The van der Waals surface area contributed by atoms with E-state index in [9.17, 15) is 13.6 Å². The van der Waals surface area contributed by atoms with Crippen molar-refractivity contribution < 1.29 is 13.6 Å². The average Bonchev–Trinajstić information content (AvgIpc) is 2.60. The van der Waals surface area contributed by atoms with Crippen LogP contribution in [0.1, 0.15) is 23.5 Å². The van der Waals surface area contributed by atoms with Gasteiger partial charge in [-0.3, -0.25) is 4.79 Å². The van der Waals surface area contributed by atoms with E-state index < -0.39 is 18.1 Å². The first-order valence-electron chi connectivity index (χ1n) is 4.60. The highest BCUT2D eigenvalue weighted by Crippen LogP contribution is 2.34. The van der Waals surface area contributed by atoms with E-state index in [0.29, 0.717) is 6.42 Å². The van der Waals surface area contributed by atoms with E-state index in [4.69, 9.17) is 0 Å². The van der Waals surface area contributed by atoms with Crippen LogP contribution in [0.25, 0.3) is 0 Å². The molecule has 0 fully saturated rings. The molecule has 2 rings (SSSR count). The summed E-state index contributed by atoms with van der Waals surface area (Å²) in [6.45, 7) is 0. The first-order chi connectivity index (χ1) is 6.70. The number of Topliss-reactive ketones (excluding diaryl/α,β-unsaturated/α-hetero) is 1. The lowest BCUT2D eigenvalue weighted by molar-refractivity contribution is -0.131. The van der Waals surface area contributed by atoms with Gasteiger partial charge in [-0.2, -0.15) is 0 Å². The van der Waals surface area contributed by atoms with Crippen molar-refractivity contribution in [3.63, 3.8) is 0 Å². The Balaban J connectivity index is 2.30. The van der Waals surface area contributed by atoms with Gasteiger partial charge in [0.15, 0.2) is 0 Å². The van der Waals surface area contributed by atoms with Crippen LogP contribution in [-0.4, -0.2) is 12.2 Å². The first kappa shape index (κ1) is 9.31. The SMILES string of the molecule is O=C(C(F)F)C1CCc2ccccc21. The van der Waals surface area contributed by atoms with Gasteiger partial charge in [-0.05, 0) is 24.0 Å². The van der Waals surface area contributed by atoms with Crippen molar-refractivity contribution >= 4 is 5.78 Å². The molecule has 0 bridgehead atoms. The van der Waals surface area contributed by atoms with Crippen LogP contribution in [0.15, 0.2) is 24.3 Å². The van der Waals surface area contributed by atoms with Crippen molar-refractivity contribution in [1.82, 2.24) is 0 Å². The predicted octanol–water partition coefficient (Wildman–Crippen LogP) is 2.55. The van der Waals surface area contributed by atoms with Crippen LogP contribution < -0.4 is 0 Å². The van der Waals surface area contributed by atoms with Gasteiger partial charge in [0.25, 0.3) is 6.43 Å². The second-order valence-electron chi connectivity index (χ2n) is 3.49. The van der Waals surface area contributed by atoms with E-state index in [1.165, 1.54) is 0 Å². The highest BCUT2D eigenvalue weighted by molar-refractivity contribution is 5.89. The number of halogens is 2. The highest BCUT2D eigenvalue weighted by atomic mass is 19.3. The molecular formula is C11H10F2O. The Labute approximate surface area is 80.7 Å². The van der Waals surface area contributed by atoms with Crippen molar-refractivity contribution in [3.8, 4) is 0 Å². The Bertz CT molecular complexity index is 360. The smallest absolute Gasteiger partial charge is 0.293 e. The van der Waals surface area contributed by atoms with Gasteiger partial charge in [-0.15, -0.1) is 0 Å². The molecule has 1 aromatic carbocycles. The van der Waals surface area contributed by atoms with Crippen molar-refractivity contribution in [3.05, 3.63) is 35.4 Å². The molecule has 0 aliphatic heterocycles. The molecule has 1 aromatic rings. The summed E-state index contributed by atoms with van der Waals surface area (Å²) >= 11 is 0. The zero-order chi connectivity index (χ0) is 10.1. The van der Waals surface area contributed by atoms with E-state index >= 15 is 0 Å². The summed E-state index contributed by atoms with van der Waals surface area (Å²) in [5.74, 6) is -1.51. The Morgan fingerprint density at radius 3 is 2.79 bits per heavy atom. The number of rotatable bonds is 2. The molecule has 0 saturated heterocycles. The molecule has 1 unspecified atom stereocenters. The summed E-state index contributed by atoms with van der Waals surface area (Å²) in [4.78, 5) is 11.2. The molecule has 1 nitrogen and oxygen atoms in total. The molecule has 3 heteroatoms. The third kappa shape index (κ3) is 1.43. The van der Waals surface area contributed by atoms with Crippen molar-refractivity contribution in [1.29, 1.82) is 0 Å². The highest BCUT2D eigenvalue weighted by Gasteiger charge is 2.32. The normalized spacial score (nSPS) is 19.8. The van der Waals surface area contributed by atoms with Crippen LogP contribution in [-0.2, 0) is 11.2 Å². The fourth-order valence-electron chi connectivity index (χ4n) is 2.00. The molecule has 1 aliphatic rings. The molecular weight excluding hydrogens is 186 g/mol. The van der Waals surface area contributed by atoms with Crippen LogP contribution in [0.2, 0.25) is 0 Å². The Hall–Kier alpha value is -1.25. The quantitative estimate of drug-likeness (QED) is 0.710. The fraction of sp³-hybridized carbons (Fsp3) is 0.364. The summed E-state index contributed by atoms with van der Waals surface area (Å²) in [7, 11) is 0. The van der Waals surface area contributed by atoms with E-state index in [2.05, 4.69) is 0 Å². The number of carbonyl (C=O) groups excluding carboxylic acids is 1. The van der Waals surface area contributed by atoms with Crippen LogP contribution in [0.4, 0.5) is 8.78 Å². The second-order valence-corrected chi connectivity index (χ2v) is 3.49. The summed E-state index contributed by atoms with van der Waals surface area (Å²) in [6.07, 6.45) is -1.58. The number of fused-ring (bicyclic) bond motifs is 1. The molecule has 0 N–H and O–H groups in total. The Morgan fingerprint density at radius 1 is 1.36 bits per heavy atom. The number of ketones is 1. The van der Waals surface area contributed by atoms with E-state index in [0.717, 1.165) is 17.5 Å². The molecule has 0 amide bonds. The van der Waals surface area contributed by atoms with E-state index in [1.807, 2.05) is 12.1 Å². The van der Waals surface area contributed by atoms with Crippen molar-refractivity contribution in [2.24, 2.45) is 0 Å². The third-order valence-electron chi connectivity index (χ3n) is 2.69. The van der Waals surface area contributed by atoms with Crippen molar-refractivity contribution in [2.75, 3.05) is 0 Å². The summed E-state index contributed by atoms with van der Waals surface area (Å²) in [6, 6.07) is 7.32. The van der Waals surface area contributed by atoms with Gasteiger partial charge in [0, 0.05) is 5.92 Å². The summed E-state index contributed by atoms with van der Waals surface area (Å²) in [5, 5.41) is 0. The van der Waals surface area contributed by atoms with Crippen LogP contribution in [0.3, 0.4) is 0 Å². The number of carbonyl (C=O) groups is 1.